The van der Waals surface area contributed by atoms with Gasteiger partial charge in [0.2, 0.25) is 0 Å². The van der Waals surface area contributed by atoms with E-state index < -0.39 is 5.63 Å². The minimum atomic E-state index is -0.533. The number of carbonyl (C=O) groups excluding carboxylic acids is 1. The summed E-state index contributed by atoms with van der Waals surface area (Å²) in [4.78, 5) is 25.8. The lowest BCUT2D eigenvalue weighted by Gasteiger charge is -2.23. The van der Waals surface area contributed by atoms with Crippen LogP contribution < -0.4 is 10.5 Å². The highest BCUT2D eigenvalue weighted by atomic mass is 16.4. The number of Topliss-reactive ketones (excluding diaryl/α,β-unsaturated/α-hetero) is 1. The van der Waals surface area contributed by atoms with Crippen molar-refractivity contribution in [1.29, 1.82) is 0 Å². The molecule has 0 radical (unpaired) electrons. The van der Waals surface area contributed by atoms with Gasteiger partial charge in [-0.3, -0.25) is 4.79 Å². The average molecular weight is 243 g/mol. The number of anilines is 1. The first-order valence-corrected chi connectivity index (χ1v) is 6.05. The maximum atomic E-state index is 12.0. The predicted molar refractivity (Wildman–Crippen MR) is 69.3 cm³/mol. The molecule has 2 aliphatic heterocycles. The average Bonchev–Trinajstić information content (AvgIpc) is 2.38. The molecule has 18 heavy (non-hydrogen) atoms. The molecule has 2 aromatic rings. The summed E-state index contributed by atoms with van der Waals surface area (Å²) in [5.74, 6) is -0.147. The van der Waals surface area contributed by atoms with Crippen LogP contribution in [0.15, 0.2) is 33.5 Å². The van der Waals surface area contributed by atoms with Crippen LogP contribution in [0.25, 0.3) is 11.0 Å². The van der Waals surface area contributed by atoms with Gasteiger partial charge in [-0.1, -0.05) is 0 Å². The fourth-order valence-corrected chi connectivity index (χ4v) is 2.33. The second-order valence-corrected chi connectivity index (χ2v) is 4.42. The molecule has 0 saturated carbocycles. The number of carbonyl (C=O) groups is 1. The van der Waals surface area contributed by atoms with Crippen LogP contribution in [0.5, 0.6) is 0 Å². The molecule has 0 N–H and O–H groups in total. The van der Waals surface area contributed by atoms with E-state index in [-0.39, 0.29) is 11.3 Å². The van der Waals surface area contributed by atoms with Gasteiger partial charge in [0.1, 0.15) is 11.1 Å². The lowest BCUT2D eigenvalue weighted by atomic mass is 10.1. The van der Waals surface area contributed by atoms with E-state index in [0.29, 0.717) is 18.5 Å². The number of hydrogen-bond donors (Lipinski definition) is 0. The number of fused-ring (bicyclic) bond motifs is 5. The largest absolute Gasteiger partial charge is 0.422 e. The molecule has 0 saturated heterocycles. The summed E-state index contributed by atoms with van der Waals surface area (Å²) in [5, 5.41) is 0.791. The van der Waals surface area contributed by atoms with E-state index in [4.69, 9.17) is 4.42 Å². The van der Waals surface area contributed by atoms with Gasteiger partial charge in [0.15, 0.2) is 5.78 Å². The van der Waals surface area contributed by atoms with E-state index in [9.17, 15) is 9.59 Å². The molecular weight excluding hydrogens is 230 g/mol. The highest BCUT2D eigenvalue weighted by molar-refractivity contribution is 5.99. The lowest BCUT2D eigenvalue weighted by molar-refractivity contribution is 0.0981. The second kappa shape index (κ2) is 3.98. The molecule has 4 nitrogen and oxygen atoms in total. The first kappa shape index (κ1) is 11.0. The Labute approximate surface area is 104 Å². The maximum absolute atomic E-state index is 12.0. The number of rotatable bonds is 1. The first-order chi connectivity index (χ1) is 8.69. The van der Waals surface area contributed by atoms with Crippen LogP contribution >= 0.6 is 0 Å². The minimum absolute atomic E-state index is 0.147. The predicted octanol–water partition coefficient (Wildman–Crippen LogP) is 2.21. The molecule has 4 rings (SSSR count). The Morgan fingerprint density at radius 3 is 2.89 bits per heavy atom. The zero-order valence-electron chi connectivity index (χ0n) is 10.1. The summed E-state index contributed by atoms with van der Waals surface area (Å²) in [5.41, 5.74) is 1.15. The van der Waals surface area contributed by atoms with Crippen LogP contribution in [-0.2, 0) is 0 Å². The highest BCUT2D eigenvalue weighted by Crippen LogP contribution is 2.24. The third-order valence-electron chi connectivity index (χ3n) is 3.38. The van der Waals surface area contributed by atoms with Crippen LogP contribution in [0.3, 0.4) is 0 Å². The van der Waals surface area contributed by atoms with Gasteiger partial charge in [-0.15, -0.1) is 0 Å². The Morgan fingerprint density at radius 1 is 1.28 bits per heavy atom. The molecule has 4 heteroatoms. The van der Waals surface area contributed by atoms with Crippen molar-refractivity contribution in [3.05, 3.63) is 40.2 Å². The number of nitrogens with zero attached hydrogens (tertiary/aromatic N) is 1. The van der Waals surface area contributed by atoms with E-state index in [2.05, 4.69) is 4.90 Å². The van der Waals surface area contributed by atoms with E-state index in [0.717, 1.165) is 17.6 Å². The van der Waals surface area contributed by atoms with Crippen LogP contribution in [0.1, 0.15) is 23.7 Å². The minimum Gasteiger partial charge on any atom is -0.422 e. The Kier molecular flexibility index (Phi) is 2.44. The van der Waals surface area contributed by atoms with Crippen molar-refractivity contribution in [3.8, 4) is 0 Å². The monoisotopic (exact) mass is 243 g/mol. The molecule has 0 unspecified atom stereocenters. The summed E-state index contributed by atoms with van der Waals surface area (Å²) in [6, 6.07) is 7.37. The fourth-order valence-electron chi connectivity index (χ4n) is 2.33. The molecule has 0 atom stereocenters. The molecule has 92 valence electrons. The van der Waals surface area contributed by atoms with Crippen molar-refractivity contribution in [2.45, 2.75) is 13.3 Å². The van der Waals surface area contributed by atoms with E-state index in [1.165, 1.54) is 0 Å². The molecule has 0 amide bonds. The van der Waals surface area contributed by atoms with Crippen molar-refractivity contribution in [1.82, 2.24) is 0 Å². The standard InChI is InChI=1S/C14H13NO3/c1-2-15-6-5-12(16)11-7-9-3-4-10(15)8-13(9)18-14(11)17/h3-4,7-8H,2,5-6H2,1H3. The van der Waals surface area contributed by atoms with Crippen LogP contribution in [0, 0.1) is 0 Å². The van der Waals surface area contributed by atoms with Crippen molar-refractivity contribution in [2.24, 2.45) is 0 Å². The SMILES string of the molecule is CCN1CCC(=O)c2cc3ccc1cc3oc2=O. The number of ketones is 1. The summed E-state index contributed by atoms with van der Waals surface area (Å²) in [6.07, 6.45) is 0.336. The molecule has 0 fully saturated rings. The molecule has 0 aliphatic carbocycles. The van der Waals surface area contributed by atoms with Gasteiger partial charge in [-0.2, -0.15) is 0 Å². The number of hydrogen-bond acceptors (Lipinski definition) is 4. The summed E-state index contributed by atoms with van der Waals surface area (Å²) < 4.78 is 5.22. The second-order valence-electron chi connectivity index (χ2n) is 4.42. The van der Waals surface area contributed by atoms with E-state index in [1.54, 1.807) is 6.07 Å². The van der Waals surface area contributed by atoms with Crippen molar-refractivity contribution in [3.63, 3.8) is 0 Å². The van der Waals surface area contributed by atoms with E-state index in [1.807, 2.05) is 25.1 Å². The van der Waals surface area contributed by atoms with Crippen molar-refractivity contribution >= 4 is 22.4 Å². The Balaban J connectivity index is 2.35. The van der Waals surface area contributed by atoms with E-state index >= 15 is 0 Å². The first-order valence-electron chi connectivity index (χ1n) is 6.05. The van der Waals surface area contributed by atoms with Crippen molar-refractivity contribution in [2.75, 3.05) is 18.0 Å². The third-order valence-corrected chi connectivity index (χ3v) is 3.38. The third kappa shape index (κ3) is 1.61. The summed E-state index contributed by atoms with van der Waals surface area (Å²) in [6.45, 7) is 3.48. The zero-order chi connectivity index (χ0) is 12.7. The summed E-state index contributed by atoms with van der Waals surface area (Å²) >= 11 is 0. The molecule has 1 aromatic carbocycles. The molecule has 2 aliphatic rings. The lowest BCUT2D eigenvalue weighted by Crippen LogP contribution is -2.28. The molecule has 1 aromatic heterocycles. The van der Waals surface area contributed by atoms with Crippen LogP contribution in [-0.4, -0.2) is 18.9 Å². The van der Waals surface area contributed by atoms with Gasteiger partial charge in [0.05, 0.1) is 0 Å². The quantitative estimate of drug-likeness (QED) is 0.720. The number of benzene rings is 1. The Hall–Kier alpha value is -2.10. The van der Waals surface area contributed by atoms with Gasteiger partial charge in [0, 0.05) is 36.7 Å². The fraction of sp³-hybridized carbons (Fsp3) is 0.286. The van der Waals surface area contributed by atoms with Crippen LogP contribution in [0.4, 0.5) is 5.69 Å². The molecular formula is C14H13NO3. The van der Waals surface area contributed by atoms with Gasteiger partial charge in [-0.05, 0) is 25.1 Å². The zero-order valence-corrected chi connectivity index (χ0v) is 10.1. The summed E-state index contributed by atoms with van der Waals surface area (Å²) in [7, 11) is 0. The van der Waals surface area contributed by atoms with Gasteiger partial charge in [-0.25, -0.2) is 4.79 Å². The van der Waals surface area contributed by atoms with Gasteiger partial charge >= 0.3 is 5.63 Å². The molecule has 4 bridgehead atoms. The van der Waals surface area contributed by atoms with Crippen LogP contribution in [0.2, 0.25) is 0 Å². The van der Waals surface area contributed by atoms with Gasteiger partial charge in [0.25, 0.3) is 0 Å². The molecule has 3 heterocycles. The maximum Gasteiger partial charge on any atom is 0.347 e. The Morgan fingerprint density at radius 2 is 2.11 bits per heavy atom. The normalized spacial score (nSPS) is 14.9. The van der Waals surface area contributed by atoms with Crippen molar-refractivity contribution < 1.29 is 9.21 Å². The smallest absolute Gasteiger partial charge is 0.347 e. The van der Waals surface area contributed by atoms with Gasteiger partial charge < -0.3 is 9.32 Å². The highest BCUT2D eigenvalue weighted by Gasteiger charge is 2.18. The molecule has 0 spiro atoms. The Bertz CT molecular complexity index is 687. The topological polar surface area (TPSA) is 50.5 Å².